The molecule has 4 aliphatic carbocycles. The van der Waals surface area contributed by atoms with Crippen LogP contribution in [-0.4, -0.2) is 29.4 Å². The molecular formula is C29H37N3O3. The van der Waals surface area contributed by atoms with Gasteiger partial charge in [0, 0.05) is 18.8 Å². The maximum absolute atomic E-state index is 13.4. The first kappa shape index (κ1) is 22.9. The monoisotopic (exact) mass is 475 g/mol. The molecule has 8 unspecified atom stereocenters. The number of fused-ring (bicyclic) bond motifs is 7. The second-order valence-corrected chi connectivity index (χ2v) is 12.1. The number of esters is 1. The van der Waals surface area contributed by atoms with Gasteiger partial charge < -0.3 is 4.74 Å². The lowest BCUT2D eigenvalue weighted by Crippen LogP contribution is -2.59. The van der Waals surface area contributed by atoms with E-state index in [1.165, 1.54) is 12.5 Å². The van der Waals surface area contributed by atoms with E-state index in [-0.39, 0.29) is 34.7 Å². The van der Waals surface area contributed by atoms with Gasteiger partial charge in [0.25, 0.3) is 0 Å². The van der Waals surface area contributed by atoms with Crippen LogP contribution in [0, 0.1) is 28.6 Å². The summed E-state index contributed by atoms with van der Waals surface area (Å²) in [5, 5.41) is 11.5. The van der Waals surface area contributed by atoms with Gasteiger partial charge in [-0.15, -0.1) is 0 Å². The summed E-state index contributed by atoms with van der Waals surface area (Å²) in [5.74, 6) is 1.56. The Morgan fingerprint density at radius 1 is 1.06 bits per heavy atom. The fourth-order valence-corrected chi connectivity index (χ4v) is 9.14. The Morgan fingerprint density at radius 2 is 1.83 bits per heavy atom. The first-order valence-electron chi connectivity index (χ1n) is 13.4. The number of carbonyl (C=O) groups is 2. The van der Waals surface area contributed by atoms with Gasteiger partial charge in [0.2, 0.25) is 0 Å². The molecule has 186 valence electrons. The maximum atomic E-state index is 13.4. The summed E-state index contributed by atoms with van der Waals surface area (Å²) in [6, 6.07) is 10.2. The van der Waals surface area contributed by atoms with Crippen LogP contribution in [0.5, 0.6) is 0 Å². The van der Waals surface area contributed by atoms with E-state index in [0.717, 1.165) is 50.6 Å². The number of para-hydroxylation sites is 1. The van der Waals surface area contributed by atoms with Crippen LogP contribution in [0.3, 0.4) is 0 Å². The molecule has 35 heavy (non-hydrogen) atoms. The highest BCUT2D eigenvalue weighted by Gasteiger charge is 2.73. The first-order valence-corrected chi connectivity index (χ1v) is 13.4. The second-order valence-electron chi connectivity index (χ2n) is 12.1. The normalized spacial score (nSPS) is 43.5. The number of Topliss-reactive ketones (excluding diaryl/α,β-unsaturated/α-hetero) is 1. The fraction of sp³-hybridized carbons (Fsp3) is 0.655. The molecule has 1 heterocycles. The quantitative estimate of drug-likeness (QED) is 0.393. The number of hydrogen-bond acceptors (Lipinski definition) is 6. The predicted octanol–water partition coefficient (Wildman–Crippen LogP) is 6.07. The van der Waals surface area contributed by atoms with Crippen LogP contribution >= 0.6 is 0 Å². The molecule has 3 fully saturated rings. The van der Waals surface area contributed by atoms with Crippen LogP contribution in [-0.2, 0) is 14.3 Å². The zero-order valence-electron chi connectivity index (χ0n) is 21.4. The van der Waals surface area contributed by atoms with Gasteiger partial charge in [0.05, 0.1) is 11.7 Å². The molecule has 1 aromatic rings. The van der Waals surface area contributed by atoms with Crippen LogP contribution in [0.4, 0.5) is 5.69 Å². The summed E-state index contributed by atoms with van der Waals surface area (Å²) in [4.78, 5) is 25.0. The molecule has 1 aromatic carbocycles. The molecule has 0 saturated heterocycles. The lowest BCUT2D eigenvalue weighted by Gasteiger charge is -2.58. The van der Waals surface area contributed by atoms with E-state index in [4.69, 9.17) is 9.85 Å². The Bertz CT molecular complexity index is 1120. The van der Waals surface area contributed by atoms with Gasteiger partial charge in [-0.1, -0.05) is 48.9 Å². The zero-order valence-corrected chi connectivity index (χ0v) is 21.4. The van der Waals surface area contributed by atoms with Crippen LogP contribution in [0.1, 0.15) is 72.6 Å². The number of benzene rings is 1. The molecule has 0 amide bonds. The summed E-state index contributed by atoms with van der Waals surface area (Å²) < 4.78 is 5.60. The standard InChI is InChI=1S/C29H37N3O3/c1-18(33)29-26(32(31-30-29)21-8-6-5-7-9-21)17-25-23-11-10-20-16-22(35-19(2)34)12-14-27(20,3)24(23)13-15-28(25,29)4/h5-10,22-26H,11-17H2,1-4H3. The van der Waals surface area contributed by atoms with Crippen molar-refractivity contribution in [3.05, 3.63) is 42.0 Å². The molecule has 5 aliphatic rings. The summed E-state index contributed by atoms with van der Waals surface area (Å²) in [7, 11) is 0. The van der Waals surface area contributed by atoms with Gasteiger partial charge in [0.15, 0.2) is 11.3 Å². The van der Waals surface area contributed by atoms with E-state index in [0.29, 0.717) is 17.8 Å². The topological polar surface area (TPSA) is 71.3 Å². The highest BCUT2D eigenvalue weighted by molar-refractivity contribution is 5.90. The SMILES string of the molecule is CC(=O)OC1CCC2(C)C(=CCC3C2CCC2(C)C3CC3N(c4ccccc4)N=NC32C(C)=O)C1. The number of allylic oxidation sites excluding steroid dienone is 1. The number of rotatable bonds is 3. The van der Waals surface area contributed by atoms with E-state index in [9.17, 15) is 9.59 Å². The Labute approximate surface area is 208 Å². The van der Waals surface area contributed by atoms with Crippen molar-refractivity contribution in [3.8, 4) is 0 Å². The van der Waals surface area contributed by atoms with E-state index in [2.05, 4.69) is 37.3 Å². The van der Waals surface area contributed by atoms with Gasteiger partial charge in [0.1, 0.15) is 6.10 Å². The molecule has 0 N–H and O–H groups in total. The molecule has 0 radical (unpaired) electrons. The highest BCUT2D eigenvalue weighted by Crippen LogP contribution is 2.69. The Morgan fingerprint density at radius 3 is 2.54 bits per heavy atom. The summed E-state index contributed by atoms with van der Waals surface area (Å²) in [6.07, 6.45) is 9.49. The van der Waals surface area contributed by atoms with Gasteiger partial charge in [-0.05, 0) is 80.8 Å². The average molecular weight is 476 g/mol. The molecule has 0 spiro atoms. The van der Waals surface area contributed by atoms with Crippen molar-refractivity contribution < 1.29 is 14.3 Å². The average Bonchev–Trinajstić information content (AvgIpc) is 3.34. The zero-order chi connectivity index (χ0) is 24.6. The van der Waals surface area contributed by atoms with Crippen LogP contribution < -0.4 is 5.01 Å². The summed E-state index contributed by atoms with van der Waals surface area (Å²) >= 11 is 0. The first-order chi connectivity index (χ1) is 16.7. The second kappa shape index (κ2) is 7.75. The third-order valence-corrected chi connectivity index (χ3v) is 10.8. The lowest BCUT2D eigenvalue weighted by molar-refractivity contribution is -0.149. The lowest BCUT2D eigenvalue weighted by atomic mass is 9.46. The highest BCUT2D eigenvalue weighted by atomic mass is 16.5. The minimum atomic E-state index is -0.767. The Kier molecular flexibility index (Phi) is 5.08. The summed E-state index contributed by atoms with van der Waals surface area (Å²) in [6.45, 7) is 8.03. The molecule has 3 saturated carbocycles. The predicted molar refractivity (Wildman–Crippen MR) is 134 cm³/mol. The molecule has 6 rings (SSSR count). The molecule has 0 bridgehead atoms. The van der Waals surface area contributed by atoms with Gasteiger partial charge >= 0.3 is 5.97 Å². The Balaban J connectivity index is 1.35. The molecule has 6 nitrogen and oxygen atoms in total. The van der Waals surface area contributed by atoms with Gasteiger partial charge in [-0.3, -0.25) is 9.59 Å². The van der Waals surface area contributed by atoms with E-state index >= 15 is 0 Å². The number of carbonyl (C=O) groups excluding carboxylic acids is 2. The third-order valence-electron chi connectivity index (χ3n) is 10.8. The van der Waals surface area contributed by atoms with Gasteiger partial charge in [-0.25, -0.2) is 5.01 Å². The molecule has 1 aliphatic heterocycles. The van der Waals surface area contributed by atoms with Crippen molar-refractivity contribution in [2.75, 3.05) is 5.01 Å². The van der Waals surface area contributed by atoms with Crippen molar-refractivity contribution in [1.82, 2.24) is 0 Å². The Hall–Kier alpha value is -2.50. The van der Waals surface area contributed by atoms with Gasteiger partial charge in [-0.2, -0.15) is 5.11 Å². The van der Waals surface area contributed by atoms with Crippen LogP contribution in [0.25, 0.3) is 0 Å². The number of ketones is 1. The van der Waals surface area contributed by atoms with E-state index in [1.54, 1.807) is 6.92 Å². The summed E-state index contributed by atoms with van der Waals surface area (Å²) in [5.41, 5.74) is 1.71. The minimum absolute atomic E-state index is 0.0175. The number of nitrogens with zero attached hydrogens (tertiary/aromatic N) is 3. The molecular weight excluding hydrogens is 438 g/mol. The van der Waals surface area contributed by atoms with E-state index < -0.39 is 5.54 Å². The number of ether oxygens (including phenoxy) is 1. The van der Waals surface area contributed by atoms with Crippen LogP contribution in [0.15, 0.2) is 52.3 Å². The molecule has 8 atom stereocenters. The smallest absolute Gasteiger partial charge is 0.302 e. The van der Waals surface area contributed by atoms with Crippen molar-refractivity contribution in [2.24, 2.45) is 38.9 Å². The van der Waals surface area contributed by atoms with E-state index in [1.807, 2.05) is 23.2 Å². The van der Waals surface area contributed by atoms with Crippen molar-refractivity contribution in [3.63, 3.8) is 0 Å². The number of anilines is 1. The third kappa shape index (κ3) is 3.01. The molecule has 6 heteroatoms. The van der Waals surface area contributed by atoms with Crippen molar-refractivity contribution in [1.29, 1.82) is 0 Å². The molecule has 0 aromatic heterocycles. The largest absolute Gasteiger partial charge is 0.462 e. The van der Waals surface area contributed by atoms with Crippen molar-refractivity contribution >= 4 is 17.4 Å². The maximum Gasteiger partial charge on any atom is 0.302 e. The van der Waals surface area contributed by atoms with Crippen molar-refractivity contribution in [2.45, 2.75) is 90.3 Å². The van der Waals surface area contributed by atoms with Crippen LogP contribution in [0.2, 0.25) is 0 Å². The number of hydrogen-bond donors (Lipinski definition) is 0. The minimum Gasteiger partial charge on any atom is -0.462 e. The fourth-order valence-electron chi connectivity index (χ4n) is 9.14.